The van der Waals surface area contributed by atoms with Gasteiger partial charge < -0.3 is 20.5 Å². The largest absolute Gasteiger partial charge is 0.484 e. The summed E-state index contributed by atoms with van der Waals surface area (Å²) in [5.74, 6) is -2.09. The van der Waals surface area contributed by atoms with Crippen molar-refractivity contribution in [1.29, 1.82) is 0 Å². The molecule has 1 atom stereocenters. The third-order valence-corrected chi connectivity index (χ3v) is 5.68. The summed E-state index contributed by atoms with van der Waals surface area (Å²) in [4.78, 5) is 20.2. The van der Waals surface area contributed by atoms with Gasteiger partial charge in [-0.1, -0.05) is 18.2 Å². The molecule has 13 heteroatoms. The molecule has 0 bridgehead atoms. The summed E-state index contributed by atoms with van der Waals surface area (Å²) < 4.78 is 49.2. The zero-order valence-corrected chi connectivity index (χ0v) is 21.5. The van der Waals surface area contributed by atoms with Gasteiger partial charge in [0.25, 0.3) is 0 Å². The smallest absolute Gasteiger partial charge is 0.302 e. The van der Waals surface area contributed by atoms with E-state index in [9.17, 15) is 18.0 Å². The van der Waals surface area contributed by atoms with Crippen LogP contribution in [0.25, 0.3) is 11.3 Å². The van der Waals surface area contributed by atoms with Gasteiger partial charge in [-0.3, -0.25) is 14.5 Å². The van der Waals surface area contributed by atoms with Crippen LogP contribution in [0, 0.1) is 5.82 Å². The Morgan fingerprint density at radius 1 is 1.13 bits per heavy atom. The molecule has 0 aliphatic carbocycles. The number of hydrogen-bond donors (Lipinski definition) is 3. The van der Waals surface area contributed by atoms with Crippen molar-refractivity contribution in [3.63, 3.8) is 0 Å². The maximum Gasteiger partial charge on any atom is 0.302 e. The molecule has 2 aromatic carbocycles. The molecular weight excluding hydrogens is 519 g/mol. The van der Waals surface area contributed by atoms with E-state index in [0.717, 1.165) is 0 Å². The molecule has 0 spiro atoms. The highest BCUT2D eigenvalue weighted by Crippen LogP contribution is 2.38. The highest BCUT2D eigenvalue weighted by atomic mass is 32.2. The van der Waals surface area contributed by atoms with Crippen LogP contribution in [-0.4, -0.2) is 38.8 Å². The molecule has 38 heavy (non-hydrogen) atoms. The molecule has 0 saturated heterocycles. The molecule has 2 heterocycles. The van der Waals surface area contributed by atoms with E-state index in [1.807, 2.05) is 0 Å². The van der Waals surface area contributed by atoms with Crippen LogP contribution in [0.2, 0.25) is 0 Å². The summed E-state index contributed by atoms with van der Waals surface area (Å²) in [6.45, 7) is 1.76. The predicted molar refractivity (Wildman–Crippen MR) is 142 cm³/mol. The lowest BCUT2D eigenvalue weighted by Gasteiger charge is -2.19. The lowest BCUT2D eigenvalue weighted by molar-refractivity contribution is 0.112. The van der Waals surface area contributed by atoms with Crippen molar-refractivity contribution in [2.24, 2.45) is 12.8 Å². The lowest BCUT2D eigenvalue weighted by atomic mass is 10.1. The van der Waals surface area contributed by atoms with E-state index in [0.29, 0.717) is 34.6 Å². The fourth-order valence-corrected chi connectivity index (χ4v) is 3.91. The van der Waals surface area contributed by atoms with E-state index >= 15 is 0 Å². The van der Waals surface area contributed by atoms with Crippen LogP contribution in [0.5, 0.6) is 5.75 Å². The van der Waals surface area contributed by atoms with Gasteiger partial charge in [0.1, 0.15) is 23.5 Å². The van der Waals surface area contributed by atoms with Crippen LogP contribution in [0.3, 0.4) is 0 Å². The number of aryl methyl sites for hydroxylation is 1. The van der Waals surface area contributed by atoms with Gasteiger partial charge in [-0.25, -0.2) is 9.37 Å². The number of ether oxygens (including phenoxy) is 1. The predicted octanol–water partition coefficient (Wildman–Crippen LogP) is 5.57. The van der Waals surface area contributed by atoms with Gasteiger partial charge in [0.2, 0.25) is 0 Å². The minimum atomic E-state index is -2.65. The Morgan fingerprint density at radius 3 is 2.50 bits per heavy atom. The number of aromatic nitrogens is 4. The van der Waals surface area contributed by atoms with Crippen LogP contribution in [-0.2, 0) is 7.05 Å². The molecule has 0 amide bonds. The van der Waals surface area contributed by atoms with Crippen LogP contribution in [0.4, 0.5) is 30.5 Å². The quantitative estimate of drug-likeness (QED) is 0.173. The second-order valence-electron chi connectivity index (χ2n) is 7.57. The first-order chi connectivity index (χ1) is 18.4. The topological polar surface area (TPSA) is 120 Å². The first-order valence-electron chi connectivity index (χ1n) is 11.2. The molecule has 9 nitrogen and oxygen atoms in total. The Hall–Kier alpha value is -4.10. The van der Waals surface area contributed by atoms with Gasteiger partial charge in [-0.15, -0.1) is 0 Å². The molecule has 200 valence electrons. The Kier molecular flexibility index (Phi) is 10.1. The van der Waals surface area contributed by atoms with Crippen LogP contribution in [0.1, 0.15) is 28.9 Å². The zero-order chi connectivity index (χ0) is 27.7. The number of nitrogens with zero attached hydrogens (tertiary/aromatic N) is 4. The molecule has 1 unspecified atom stereocenters. The van der Waals surface area contributed by atoms with Crippen molar-refractivity contribution in [2.75, 3.05) is 17.1 Å². The monoisotopic (exact) mass is 545 g/mol. The van der Waals surface area contributed by atoms with Crippen LogP contribution >= 0.6 is 11.9 Å². The summed E-state index contributed by atoms with van der Waals surface area (Å²) in [5.41, 5.74) is 6.81. The average Bonchev–Trinajstić information content (AvgIpc) is 3.24. The van der Waals surface area contributed by atoms with Crippen molar-refractivity contribution in [2.45, 2.75) is 18.8 Å². The van der Waals surface area contributed by atoms with Crippen molar-refractivity contribution < 1.29 is 22.7 Å². The van der Waals surface area contributed by atoms with E-state index in [2.05, 4.69) is 30.8 Å². The third-order valence-electron chi connectivity index (χ3n) is 5.17. The molecule has 4 N–H and O–H groups in total. The van der Waals surface area contributed by atoms with Gasteiger partial charge >= 0.3 is 5.76 Å². The number of nitrogens with two attached hydrogens (primary N) is 1. The van der Waals surface area contributed by atoms with Gasteiger partial charge in [-0.05, 0) is 43.8 Å². The fraction of sp³-hybridized carbons (Fsp3) is 0.200. The number of alkyl halides is 2. The summed E-state index contributed by atoms with van der Waals surface area (Å²) in [7, 11) is 3.17. The Morgan fingerprint density at radius 2 is 1.87 bits per heavy atom. The third kappa shape index (κ3) is 7.01. The van der Waals surface area contributed by atoms with Gasteiger partial charge in [0.05, 0.1) is 23.1 Å². The molecule has 4 aromatic rings. The Bertz CT molecular complexity index is 1340. The van der Waals surface area contributed by atoms with E-state index in [4.69, 9.17) is 4.74 Å². The van der Waals surface area contributed by atoms with Crippen molar-refractivity contribution in [1.82, 2.24) is 19.7 Å². The molecule has 2 aromatic heterocycles. The average molecular weight is 546 g/mol. The molecule has 0 saturated carbocycles. The number of carbonyl (C=O) groups is 1. The van der Waals surface area contributed by atoms with E-state index in [-0.39, 0.29) is 34.9 Å². The maximum atomic E-state index is 13.3. The van der Waals surface area contributed by atoms with E-state index in [1.54, 1.807) is 44.3 Å². The van der Waals surface area contributed by atoms with E-state index < -0.39 is 11.9 Å². The highest BCUT2D eigenvalue weighted by Gasteiger charge is 2.21. The summed E-state index contributed by atoms with van der Waals surface area (Å²) >= 11 is 0.232. The van der Waals surface area contributed by atoms with Crippen molar-refractivity contribution >= 4 is 35.6 Å². The van der Waals surface area contributed by atoms with E-state index in [1.165, 1.54) is 42.5 Å². The molecule has 0 aliphatic rings. The minimum Gasteiger partial charge on any atom is -0.484 e. The first kappa shape index (κ1) is 28.5. The standard InChI is InChI=1S/C24H21F3N6O2S.CH5N/c1-14(15-3-6-17(25)7-4-15)35-20-11-16(5-8-19(20)32-36-24(26)27)22-18(13-34)23(31-33(22)2)30-21-12-28-9-10-29-21;1-2/h3-14,24,32H,1-2H3,(H,29,30,31);2H2,1H3. The number of aldehydes is 1. The minimum absolute atomic E-state index is 0.232. The first-order valence-corrected chi connectivity index (χ1v) is 12.1. The second kappa shape index (κ2) is 13.4. The SMILES string of the molecule is CC(Oc1cc(-c2c(C=O)c(Nc3cnccn3)nn2C)ccc1NSC(F)F)c1ccc(F)cc1.CN. The normalized spacial score (nSPS) is 11.4. The van der Waals surface area contributed by atoms with Gasteiger partial charge in [0.15, 0.2) is 12.1 Å². The highest BCUT2D eigenvalue weighted by molar-refractivity contribution is 8.00. The Labute approximate surface area is 221 Å². The summed E-state index contributed by atoms with van der Waals surface area (Å²) in [6, 6.07) is 10.7. The maximum absolute atomic E-state index is 13.3. The number of carbonyl (C=O) groups excluding carboxylic acids is 1. The van der Waals surface area contributed by atoms with Crippen LogP contribution < -0.4 is 20.5 Å². The number of nitrogens with one attached hydrogen (secondary N) is 2. The van der Waals surface area contributed by atoms with Crippen LogP contribution in [0.15, 0.2) is 61.1 Å². The zero-order valence-electron chi connectivity index (χ0n) is 20.7. The number of hydrogen-bond acceptors (Lipinski definition) is 9. The number of benzene rings is 2. The number of anilines is 3. The molecule has 0 aliphatic heterocycles. The second-order valence-corrected chi connectivity index (χ2v) is 8.37. The number of halogens is 3. The Balaban J connectivity index is 0.00000195. The summed E-state index contributed by atoms with van der Waals surface area (Å²) in [5, 5.41) is 7.37. The van der Waals surface area contributed by atoms with Crippen molar-refractivity contribution in [3.05, 3.63) is 78.0 Å². The lowest BCUT2D eigenvalue weighted by Crippen LogP contribution is -2.06. The van der Waals surface area contributed by atoms with Gasteiger partial charge in [0, 0.05) is 37.0 Å². The van der Waals surface area contributed by atoms with Crippen molar-refractivity contribution in [3.8, 4) is 17.0 Å². The summed E-state index contributed by atoms with van der Waals surface area (Å²) in [6.07, 6.45) is 4.66. The molecular formula is C25H26F3N7O2S. The number of rotatable bonds is 10. The van der Waals surface area contributed by atoms with Gasteiger partial charge in [-0.2, -0.15) is 13.9 Å². The molecule has 0 radical (unpaired) electrons. The molecule has 4 rings (SSSR count). The fourth-order valence-electron chi connectivity index (χ4n) is 3.52. The molecule has 0 fully saturated rings.